The maximum Gasteiger partial charge on any atom is 0.308 e. The van der Waals surface area contributed by atoms with Gasteiger partial charge in [0.2, 0.25) is 5.91 Å². The van der Waals surface area contributed by atoms with E-state index in [9.17, 15) is 9.59 Å². The fourth-order valence-electron chi connectivity index (χ4n) is 3.54. The summed E-state index contributed by atoms with van der Waals surface area (Å²) in [7, 11) is 0. The van der Waals surface area contributed by atoms with Gasteiger partial charge in [0, 0.05) is 33.2 Å². The zero-order chi connectivity index (χ0) is 19.1. The normalized spacial score (nSPS) is 17.8. The predicted molar refractivity (Wildman–Crippen MR) is 99.9 cm³/mol. The molecule has 2 N–H and O–H groups in total. The molecule has 1 amide bonds. The zero-order valence-electron chi connectivity index (χ0n) is 16.0. The average molecular weight is 362 g/mol. The van der Waals surface area contributed by atoms with Crippen LogP contribution < -0.4 is 10.1 Å². The molecule has 0 aliphatic carbocycles. The second-order valence-electron chi connectivity index (χ2n) is 7.09. The number of ether oxygens (including phenoxy) is 1. The second-order valence-corrected chi connectivity index (χ2v) is 7.09. The topological polar surface area (TPSA) is 78.9 Å². The van der Waals surface area contributed by atoms with Crippen molar-refractivity contribution in [2.24, 2.45) is 5.92 Å². The number of hydrogen-bond donors (Lipinski definition) is 2. The molecular formula is C20H30N2O4. The van der Waals surface area contributed by atoms with Crippen molar-refractivity contribution in [3.63, 3.8) is 0 Å². The van der Waals surface area contributed by atoms with Crippen LogP contribution in [0.25, 0.3) is 0 Å². The first-order chi connectivity index (χ1) is 12.4. The highest BCUT2D eigenvalue weighted by atomic mass is 16.5. The van der Waals surface area contributed by atoms with E-state index in [2.05, 4.69) is 22.3 Å². The van der Waals surface area contributed by atoms with Gasteiger partial charge in [-0.05, 0) is 56.3 Å². The monoisotopic (exact) mass is 362 g/mol. The molecule has 1 heterocycles. The van der Waals surface area contributed by atoms with Crippen molar-refractivity contribution in [1.29, 1.82) is 0 Å². The molecule has 0 bridgehead atoms. The van der Waals surface area contributed by atoms with Crippen LogP contribution in [0, 0.1) is 19.8 Å². The van der Waals surface area contributed by atoms with Gasteiger partial charge in [-0.2, -0.15) is 0 Å². The molecule has 1 aromatic carbocycles. The van der Waals surface area contributed by atoms with Gasteiger partial charge in [0.1, 0.15) is 5.75 Å². The highest BCUT2D eigenvalue weighted by molar-refractivity contribution is 5.78. The lowest BCUT2D eigenvalue weighted by atomic mass is 9.96. The first-order valence-electron chi connectivity index (χ1n) is 9.30. The number of amides is 1. The molecule has 1 fully saturated rings. The molecule has 1 aliphatic rings. The van der Waals surface area contributed by atoms with Gasteiger partial charge in [-0.15, -0.1) is 0 Å². The van der Waals surface area contributed by atoms with Crippen molar-refractivity contribution in [1.82, 2.24) is 10.2 Å². The maximum atomic E-state index is 12.3. The van der Waals surface area contributed by atoms with Crippen LogP contribution in [-0.2, 0) is 16.1 Å². The fraction of sp³-hybridized carbons (Fsp3) is 0.600. The Balaban J connectivity index is 1.97. The minimum atomic E-state index is -0.310. The maximum absolute atomic E-state index is 12.3. The number of piperidine rings is 1. The summed E-state index contributed by atoms with van der Waals surface area (Å²) in [5.41, 5.74) is 3.06. The summed E-state index contributed by atoms with van der Waals surface area (Å²) in [6.45, 7) is 8.43. The standard InChI is InChI=1S/C20H30N2O4/c1-14-10-17(11-15(2)19(14)26-16(3)24)12-22-8-4-6-18(13-22)20(25)21-7-5-9-23/h10-11,18,23H,4-9,12-13H2,1-3H3,(H,21,25)/t18-/m1/s1. The minimum absolute atomic E-state index is 0.00459. The zero-order valence-corrected chi connectivity index (χ0v) is 16.0. The van der Waals surface area contributed by atoms with Crippen molar-refractivity contribution in [3.8, 4) is 5.75 Å². The molecule has 0 unspecified atom stereocenters. The van der Waals surface area contributed by atoms with E-state index in [1.165, 1.54) is 6.92 Å². The summed E-state index contributed by atoms with van der Waals surface area (Å²) >= 11 is 0. The summed E-state index contributed by atoms with van der Waals surface area (Å²) in [4.78, 5) is 25.8. The predicted octanol–water partition coefficient (Wildman–Crippen LogP) is 1.94. The number of carbonyl (C=O) groups is 2. The Morgan fingerprint density at radius 1 is 1.31 bits per heavy atom. The van der Waals surface area contributed by atoms with Crippen LogP contribution in [-0.4, -0.2) is 48.1 Å². The Labute approximate surface area is 155 Å². The lowest BCUT2D eigenvalue weighted by molar-refractivity contribution is -0.132. The van der Waals surface area contributed by atoms with Gasteiger partial charge in [-0.25, -0.2) is 0 Å². The SMILES string of the molecule is CC(=O)Oc1c(C)cc(CN2CCC[C@@H](C(=O)NCCCO)C2)cc1C. The third-order valence-electron chi connectivity index (χ3n) is 4.68. The van der Waals surface area contributed by atoms with Crippen LogP contribution in [0.1, 0.15) is 42.9 Å². The Morgan fingerprint density at radius 2 is 2.00 bits per heavy atom. The molecule has 0 aromatic heterocycles. The molecule has 6 nitrogen and oxygen atoms in total. The van der Waals surface area contributed by atoms with E-state index in [4.69, 9.17) is 9.84 Å². The van der Waals surface area contributed by atoms with Crippen molar-refractivity contribution < 1.29 is 19.4 Å². The highest BCUT2D eigenvalue weighted by Gasteiger charge is 2.25. The lowest BCUT2D eigenvalue weighted by Crippen LogP contribution is -2.43. The lowest BCUT2D eigenvalue weighted by Gasteiger charge is -2.32. The Hall–Kier alpha value is -1.92. The molecule has 1 saturated heterocycles. The van der Waals surface area contributed by atoms with E-state index in [0.717, 1.165) is 49.2 Å². The quantitative estimate of drug-likeness (QED) is 0.440. The van der Waals surface area contributed by atoms with E-state index in [0.29, 0.717) is 18.7 Å². The van der Waals surface area contributed by atoms with Crippen LogP contribution in [0.5, 0.6) is 5.75 Å². The number of hydrogen-bond acceptors (Lipinski definition) is 5. The molecule has 2 rings (SSSR count). The summed E-state index contributed by atoms with van der Waals surface area (Å²) in [5, 5.41) is 11.7. The number of nitrogens with one attached hydrogen (secondary N) is 1. The third kappa shape index (κ3) is 5.81. The largest absolute Gasteiger partial charge is 0.426 e. The average Bonchev–Trinajstić information content (AvgIpc) is 2.58. The van der Waals surface area contributed by atoms with Gasteiger partial charge in [-0.1, -0.05) is 12.1 Å². The molecular weight excluding hydrogens is 332 g/mol. The van der Waals surface area contributed by atoms with Gasteiger partial charge in [0.15, 0.2) is 0 Å². The van der Waals surface area contributed by atoms with Crippen LogP contribution in [0.15, 0.2) is 12.1 Å². The molecule has 0 spiro atoms. The molecule has 0 saturated carbocycles. The van der Waals surface area contributed by atoms with Gasteiger partial charge in [0.25, 0.3) is 0 Å². The summed E-state index contributed by atoms with van der Waals surface area (Å²) < 4.78 is 5.29. The summed E-state index contributed by atoms with van der Waals surface area (Å²) in [6.07, 6.45) is 2.50. The van der Waals surface area contributed by atoms with Crippen LogP contribution in [0.4, 0.5) is 0 Å². The van der Waals surface area contributed by atoms with Crippen LogP contribution in [0.3, 0.4) is 0 Å². The smallest absolute Gasteiger partial charge is 0.308 e. The minimum Gasteiger partial charge on any atom is -0.426 e. The third-order valence-corrected chi connectivity index (χ3v) is 4.68. The molecule has 1 aromatic rings. The van der Waals surface area contributed by atoms with Crippen molar-refractivity contribution in [2.45, 2.75) is 46.6 Å². The van der Waals surface area contributed by atoms with Crippen molar-refractivity contribution in [3.05, 3.63) is 28.8 Å². The van der Waals surface area contributed by atoms with Crippen LogP contribution in [0.2, 0.25) is 0 Å². The number of aryl methyl sites for hydroxylation is 2. The molecule has 6 heteroatoms. The molecule has 1 atom stereocenters. The number of benzene rings is 1. The summed E-state index contributed by atoms with van der Waals surface area (Å²) in [6, 6.07) is 4.10. The van der Waals surface area contributed by atoms with Gasteiger partial charge in [-0.3, -0.25) is 14.5 Å². The van der Waals surface area contributed by atoms with E-state index < -0.39 is 0 Å². The second kappa shape index (κ2) is 9.69. The Kier molecular flexibility index (Phi) is 7.60. The summed E-state index contributed by atoms with van der Waals surface area (Å²) in [5.74, 6) is 0.418. The number of esters is 1. The number of likely N-dealkylation sites (tertiary alicyclic amines) is 1. The van der Waals surface area contributed by atoms with Gasteiger partial charge < -0.3 is 15.2 Å². The number of carbonyl (C=O) groups excluding carboxylic acids is 2. The number of aliphatic hydroxyl groups is 1. The number of nitrogens with zero attached hydrogens (tertiary/aromatic N) is 1. The van der Waals surface area contributed by atoms with Crippen molar-refractivity contribution >= 4 is 11.9 Å². The fourth-order valence-corrected chi connectivity index (χ4v) is 3.54. The van der Waals surface area contributed by atoms with E-state index >= 15 is 0 Å². The van der Waals surface area contributed by atoms with Crippen molar-refractivity contribution in [2.75, 3.05) is 26.2 Å². The Morgan fingerprint density at radius 3 is 2.62 bits per heavy atom. The Bertz CT molecular complexity index is 622. The molecule has 0 radical (unpaired) electrons. The number of aliphatic hydroxyl groups excluding tert-OH is 1. The molecule has 144 valence electrons. The molecule has 26 heavy (non-hydrogen) atoms. The highest BCUT2D eigenvalue weighted by Crippen LogP contribution is 2.27. The van der Waals surface area contributed by atoms with Gasteiger partial charge in [0.05, 0.1) is 5.92 Å². The number of rotatable bonds is 7. The van der Waals surface area contributed by atoms with Gasteiger partial charge >= 0.3 is 5.97 Å². The van der Waals surface area contributed by atoms with E-state index in [-0.39, 0.29) is 24.4 Å². The van der Waals surface area contributed by atoms with E-state index in [1.54, 1.807) is 0 Å². The van der Waals surface area contributed by atoms with E-state index in [1.807, 2.05) is 13.8 Å². The first-order valence-corrected chi connectivity index (χ1v) is 9.30. The molecule has 1 aliphatic heterocycles. The van der Waals surface area contributed by atoms with Crippen LogP contribution >= 0.6 is 0 Å². The first kappa shape index (κ1) is 20.4.